The minimum atomic E-state index is 0.308. The van der Waals surface area contributed by atoms with Crippen molar-refractivity contribution >= 4 is 5.78 Å². The van der Waals surface area contributed by atoms with Crippen molar-refractivity contribution in [2.45, 2.75) is 71.6 Å². The van der Waals surface area contributed by atoms with E-state index in [1.54, 1.807) is 5.56 Å². The summed E-state index contributed by atoms with van der Waals surface area (Å²) in [5.41, 5.74) is 6.73. The Labute approximate surface area is 170 Å². The summed E-state index contributed by atoms with van der Waals surface area (Å²) in [4.78, 5) is 12.7. The molecule has 1 nitrogen and oxygen atoms in total. The fraction of sp³-hybridized carbons (Fsp3) is 0.519. The Bertz CT molecular complexity index is 817. The predicted octanol–water partition coefficient (Wildman–Crippen LogP) is 6.61. The first kappa shape index (κ1) is 19.4. The number of carbonyl (C=O) groups excluding carboxylic acids is 1. The highest BCUT2D eigenvalue weighted by Crippen LogP contribution is 2.34. The first-order chi connectivity index (χ1) is 13.6. The molecule has 1 heteroatoms. The third-order valence-corrected chi connectivity index (χ3v) is 7.09. The zero-order valence-corrected chi connectivity index (χ0v) is 17.5. The Hall–Kier alpha value is -1.89. The van der Waals surface area contributed by atoms with E-state index in [4.69, 9.17) is 0 Å². The van der Waals surface area contributed by atoms with Crippen molar-refractivity contribution in [2.24, 2.45) is 17.8 Å². The summed E-state index contributed by atoms with van der Waals surface area (Å²) in [6.45, 7) is 4.54. The van der Waals surface area contributed by atoms with Crippen LogP contribution in [0.2, 0.25) is 0 Å². The van der Waals surface area contributed by atoms with Crippen molar-refractivity contribution in [2.75, 3.05) is 0 Å². The van der Waals surface area contributed by atoms with Crippen molar-refractivity contribution in [1.29, 1.82) is 0 Å². The normalized spacial score (nSPS) is 24.1. The molecule has 148 valence electrons. The molecule has 2 aliphatic carbocycles. The van der Waals surface area contributed by atoms with E-state index >= 15 is 0 Å². The Morgan fingerprint density at radius 2 is 1.71 bits per heavy atom. The lowest BCUT2D eigenvalue weighted by molar-refractivity contribution is 0.0957. The molecule has 2 unspecified atom stereocenters. The average molecular weight is 375 g/mol. The van der Waals surface area contributed by atoms with Crippen LogP contribution >= 0.6 is 0 Å². The van der Waals surface area contributed by atoms with Gasteiger partial charge in [-0.3, -0.25) is 4.79 Å². The second kappa shape index (κ2) is 8.64. The lowest BCUT2D eigenvalue weighted by Crippen LogP contribution is -2.18. The molecule has 0 aromatic heterocycles. The first-order valence-corrected chi connectivity index (χ1v) is 11.3. The van der Waals surface area contributed by atoms with Gasteiger partial charge >= 0.3 is 0 Å². The van der Waals surface area contributed by atoms with Crippen molar-refractivity contribution in [3.8, 4) is 0 Å². The maximum atomic E-state index is 12.7. The molecule has 4 rings (SSSR count). The summed E-state index contributed by atoms with van der Waals surface area (Å²) < 4.78 is 0. The molecule has 1 fully saturated rings. The van der Waals surface area contributed by atoms with E-state index in [0.29, 0.717) is 18.1 Å². The van der Waals surface area contributed by atoms with Crippen LogP contribution in [0.5, 0.6) is 0 Å². The quantitative estimate of drug-likeness (QED) is 0.520. The van der Waals surface area contributed by atoms with E-state index in [2.05, 4.69) is 44.2 Å². The van der Waals surface area contributed by atoms with Gasteiger partial charge < -0.3 is 0 Å². The summed E-state index contributed by atoms with van der Waals surface area (Å²) >= 11 is 0. The smallest absolute Gasteiger partial charge is 0.163 e. The van der Waals surface area contributed by atoms with E-state index in [9.17, 15) is 4.79 Å². The van der Waals surface area contributed by atoms with Crippen molar-refractivity contribution in [1.82, 2.24) is 0 Å². The molecule has 0 radical (unpaired) electrons. The molecule has 0 bridgehead atoms. The van der Waals surface area contributed by atoms with Crippen LogP contribution in [0.1, 0.15) is 78.6 Å². The van der Waals surface area contributed by atoms with Crippen LogP contribution in [-0.2, 0) is 25.7 Å². The molecular weight excluding hydrogens is 340 g/mol. The summed E-state index contributed by atoms with van der Waals surface area (Å²) in [6, 6.07) is 15.4. The molecule has 0 spiro atoms. The molecule has 28 heavy (non-hydrogen) atoms. The van der Waals surface area contributed by atoms with Gasteiger partial charge in [0.15, 0.2) is 5.78 Å². The first-order valence-electron chi connectivity index (χ1n) is 11.3. The molecule has 0 aliphatic heterocycles. The summed E-state index contributed by atoms with van der Waals surface area (Å²) in [7, 11) is 0. The van der Waals surface area contributed by atoms with Crippen LogP contribution < -0.4 is 0 Å². The molecule has 2 aromatic carbocycles. The van der Waals surface area contributed by atoms with Gasteiger partial charge in [0.1, 0.15) is 0 Å². The number of carbonyl (C=O) groups is 1. The molecule has 0 N–H and O–H groups in total. The summed E-state index contributed by atoms with van der Waals surface area (Å²) in [5, 5.41) is 0. The van der Waals surface area contributed by atoms with E-state index in [0.717, 1.165) is 43.1 Å². The number of Topliss-reactive ketones (excluding diaryl/α,β-unsaturated/α-hetero) is 1. The highest BCUT2D eigenvalue weighted by atomic mass is 16.1. The molecule has 0 amide bonds. The molecule has 0 saturated heterocycles. The Balaban J connectivity index is 1.35. The van der Waals surface area contributed by atoms with Gasteiger partial charge in [0, 0.05) is 12.0 Å². The SMILES string of the molecule is CCc1ccc(C(=O)C[C@H]2CCc3cc(CC4CCC(C)C4)ccc3C2)cc1. The standard InChI is InChI=1S/C27H34O/c1-3-20-6-10-24(11-7-20)27(28)18-23-9-13-25-16-22(8-12-26(25)17-23)15-21-5-4-19(2)14-21/h6-8,10-12,16,19,21,23H,3-5,9,13-15,17-18H2,1-2H3/t19?,21?,23-/m0/s1. The minimum Gasteiger partial charge on any atom is -0.294 e. The zero-order valence-electron chi connectivity index (χ0n) is 17.5. The fourth-order valence-electron chi connectivity index (χ4n) is 5.34. The third kappa shape index (κ3) is 4.57. The minimum absolute atomic E-state index is 0.308. The summed E-state index contributed by atoms with van der Waals surface area (Å²) in [5.74, 6) is 2.61. The van der Waals surface area contributed by atoms with Gasteiger partial charge in [-0.15, -0.1) is 0 Å². The molecule has 2 aromatic rings. The predicted molar refractivity (Wildman–Crippen MR) is 117 cm³/mol. The number of hydrogen-bond acceptors (Lipinski definition) is 1. The monoisotopic (exact) mass is 374 g/mol. The summed E-state index contributed by atoms with van der Waals surface area (Å²) in [6.07, 6.45) is 10.5. The topological polar surface area (TPSA) is 17.1 Å². The van der Waals surface area contributed by atoms with Gasteiger partial charge in [-0.05, 0) is 85.0 Å². The number of benzene rings is 2. The number of hydrogen-bond donors (Lipinski definition) is 0. The van der Waals surface area contributed by atoms with Gasteiger partial charge in [-0.25, -0.2) is 0 Å². The molecular formula is C27H34O. The van der Waals surface area contributed by atoms with E-state index in [1.807, 2.05) is 12.1 Å². The maximum Gasteiger partial charge on any atom is 0.163 e. The van der Waals surface area contributed by atoms with Crippen LogP contribution in [0.3, 0.4) is 0 Å². The van der Waals surface area contributed by atoms with Gasteiger partial charge in [0.2, 0.25) is 0 Å². The Kier molecular flexibility index (Phi) is 5.99. The lowest BCUT2D eigenvalue weighted by atomic mass is 9.79. The average Bonchev–Trinajstić information content (AvgIpc) is 3.12. The number of fused-ring (bicyclic) bond motifs is 1. The van der Waals surface area contributed by atoms with Gasteiger partial charge in [-0.1, -0.05) is 62.7 Å². The highest BCUT2D eigenvalue weighted by Gasteiger charge is 2.24. The third-order valence-electron chi connectivity index (χ3n) is 7.09. The van der Waals surface area contributed by atoms with Crippen molar-refractivity contribution in [3.05, 3.63) is 70.3 Å². The van der Waals surface area contributed by atoms with Gasteiger partial charge in [0.05, 0.1) is 0 Å². The van der Waals surface area contributed by atoms with E-state index in [1.165, 1.54) is 42.4 Å². The van der Waals surface area contributed by atoms with Crippen LogP contribution in [0, 0.1) is 17.8 Å². The fourth-order valence-corrected chi connectivity index (χ4v) is 5.34. The zero-order chi connectivity index (χ0) is 19.5. The maximum absolute atomic E-state index is 12.7. The molecule has 1 saturated carbocycles. The number of ketones is 1. The highest BCUT2D eigenvalue weighted by molar-refractivity contribution is 5.96. The van der Waals surface area contributed by atoms with Crippen LogP contribution in [-0.4, -0.2) is 5.78 Å². The van der Waals surface area contributed by atoms with Crippen LogP contribution in [0.4, 0.5) is 0 Å². The van der Waals surface area contributed by atoms with E-state index < -0.39 is 0 Å². The van der Waals surface area contributed by atoms with Gasteiger partial charge in [0.25, 0.3) is 0 Å². The van der Waals surface area contributed by atoms with Crippen LogP contribution in [0.25, 0.3) is 0 Å². The second-order valence-corrected chi connectivity index (χ2v) is 9.38. The number of rotatable bonds is 6. The largest absolute Gasteiger partial charge is 0.294 e. The molecule has 2 aliphatic rings. The number of aryl methyl sites for hydroxylation is 2. The van der Waals surface area contributed by atoms with Crippen molar-refractivity contribution < 1.29 is 4.79 Å². The van der Waals surface area contributed by atoms with Gasteiger partial charge in [-0.2, -0.15) is 0 Å². The lowest BCUT2D eigenvalue weighted by Gasteiger charge is -2.25. The Morgan fingerprint density at radius 1 is 0.929 bits per heavy atom. The van der Waals surface area contributed by atoms with E-state index in [-0.39, 0.29) is 0 Å². The Morgan fingerprint density at radius 3 is 2.43 bits per heavy atom. The molecule has 3 atom stereocenters. The van der Waals surface area contributed by atoms with Crippen LogP contribution in [0.15, 0.2) is 42.5 Å². The second-order valence-electron chi connectivity index (χ2n) is 9.38. The molecule has 0 heterocycles. The van der Waals surface area contributed by atoms with Crippen molar-refractivity contribution in [3.63, 3.8) is 0 Å².